The second-order valence-electron chi connectivity index (χ2n) is 5.79. The van der Waals surface area contributed by atoms with Crippen LogP contribution in [0.2, 0.25) is 0 Å². The summed E-state index contributed by atoms with van der Waals surface area (Å²) in [7, 11) is 0. The molecule has 0 bridgehead atoms. The molecular weight excluding hydrogens is 376 g/mol. The normalized spacial score (nSPS) is 11.4. The van der Waals surface area contributed by atoms with Crippen molar-refractivity contribution in [2.45, 2.75) is 20.8 Å². The standard InChI is InChI=1S/C20H19BrN4/c1-13-14(2)22-20(17-7-5-4-6-8-17)23-19(13)25-24-15(3)16-9-11-18(21)12-10-16/h4-12H,1-3H3,(H,22,23,25). The highest BCUT2D eigenvalue weighted by Gasteiger charge is 2.09. The van der Waals surface area contributed by atoms with E-state index in [1.54, 1.807) is 0 Å². The van der Waals surface area contributed by atoms with Gasteiger partial charge in [0, 0.05) is 21.3 Å². The van der Waals surface area contributed by atoms with Gasteiger partial charge in [0.25, 0.3) is 0 Å². The quantitative estimate of drug-likeness (QED) is 0.478. The molecule has 1 aromatic heterocycles. The predicted octanol–water partition coefficient (Wildman–Crippen LogP) is 5.36. The molecule has 0 atom stereocenters. The van der Waals surface area contributed by atoms with Gasteiger partial charge in [0.15, 0.2) is 11.6 Å². The first kappa shape index (κ1) is 17.3. The van der Waals surface area contributed by atoms with E-state index in [2.05, 4.69) is 36.4 Å². The number of anilines is 1. The van der Waals surface area contributed by atoms with Gasteiger partial charge in [0.1, 0.15) is 0 Å². The highest BCUT2D eigenvalue weighted by molar-refractivity contribution is 9.10. The summed E-state index contributed by atoms with van der Waals surface area (Å²) in [5, 5.41) is 4.49. The number of nitrogens with one attached hydrogen (secondary N) is 1. The molecule has 25 heavy (non-hydrogen) atoms. The molecule has 0 radical (unpaired) electrons. The molecule has 0 amide bonds. The summed E-state index contributed by atoms with van der Waals surface area (Å²) >= 11 is 3.45. The Bertz CT molecular complexity index is 903. The molecule has 3 rings (SSSR count). The summed E-state index contributed by atoms with van der Waals surface area (Å²) in [6.07, 6.45) is 0. The third-order valence-corrected chi connectivity index (χ3v) is 4.54. The van der Waals surface area contributed by atoms with Crippen LogP contribution in [0.25, 0.3) is 11.4 Å². The molecule has 3 aromatic rings. The van der Waals surface area contributed by atoms with Crippen LogP contribution in [-0.4, -0.2) is 15.7 Å². The van der Waals surface area contributed by atoms with E-state index in [9.17, 15) is 0 Å². The molecule has 0 unspecified atom stereocenters. The lowest BCUT2D eigenvalue weighted by Crippen LogP contribution is -2.05. The lowest BCUT2D eigenvalue weighted by molar-refractivity contribution is 1.06. The zero-order valence-corrected chi connectivity index (χ0v) is 16.0. The summed E-state index contributed by atoms with van der Waals surface area (Å²) in [6.45, 7) is 5.95. The average molecular weight is 395 g/mol. The first-order valence-corrected chi connectivity index (χ1v) is 8.81. The highest BCUT2D eigenvalue weighted by atomic mass is 79.9. The number of benzene rings is 2. The van der Waals surface area contributed by atoms with Crippen LogP contribution in [0.15, 0.2) is 64.2 Å². The molecule has 0 aliphatic carbocycles. The van der Waals surface area contributed by atoms with Crippen molar-refractivity contribution < 1.29 is 0 Å². The van der Waals surface area contributed by atoms with Crippen molar-refractivity contribution in [1.82, 2.24) is 9.97 Å². The maximum absolute atomic E-state index is 4.65. The number of aromatic nitrogens is 2. The van der Waals surface area contributed by atoms with Gasteiger partial charge in [-0.3, -0.25) is 5.43 Å². The summed E-state index contributed by atoms with van der Waals surface area (Å²) in [6, 6.07) is 18.0. The van der Waals surface area contributed by atoms with Crippen molar-refractivity contribution in [3.8, 4) is 11.4 Å². The Kier molecular flexibility index (Phi) is 5.24. The first-order valence-electron chi connectivity index (χ1n) is 8.01. The maximum Gasteiger partial charge on any atom is 0.161 e. The summed E-state index contributed by atoms with van der Waals surface area (Å²) in [4.78, 5) is 9.24. The van der Waals surface area contributed by atoms with E-state index in [-0.39, 0.29) is 0 Å². The van der Waals surface area contributed by atoms with E-state index in [1.165, 1.54) is 0 Å². The van der Waals surface area contributed by atoms with Gasteiger partial charge in [-0.2, -0.15) is 5.10 Å². The van der Waals surface area contributed by atoms with E-state index in [0.717, 1.165) is 38.4 Å². The Morgan fingerprint density at radius 2 is 1.64 bits per heavy atom. The van der Waals surface area contributed by atoms with Crippen LogP contribution >= 0.6 is 15.9 Å². The number of hydrogen-bond acceptors (Lipinski definition) is 4. The number of halogens is 1. The molecule has 126 valence electrons. The molecule has 0 aliphatic rings. The Labute approximate surface area is 156 Å². The van der Waals surface area contributed by atoms with Crippen LogP contribution in [-0.2, 0) is 0 Å². The van der Waals surface area contributed by atoms with Crippen LogP contribution in [0.4, 0.5) is 5.82 Å². The topological polar surface area (TPSA) is 50.2 Å². The van der Waals surface area contributed by atoms with Gasteiger partial charge < -0.3 is 0 Å². The fourth-order valence-electron chi connectivity index (χ4n) is 2.35. The van der Waals surface area contributed by atoms with Crippen molar-refractivity contribution >= 4 is 27.5 Å². The van der Waals surface area contributed by atoms with Gasteiger partial charge in [0.05, 0.1) is 5.71 Å². The minimum absolute atomic E-state index is 0.697. The maximum atomic E-state index is 4.65. The monoisotopic (exact) mass is 394 g/mol. The number of hydrazone groups is 1. The van der Waals surface area contributed by atoms with Crippen molar-refractivity contribution in [2.24, 2.45) is 5.10 Å². The molecular formula is C20H19BrN4. The number of hydrogen-bond donors (Lipinski definition) is 1. The molecule has 2 aromatic carbocycles. The smallest absolute Gasteiger partial charge is 0.161 e. The van der Waals surface area contributed by atoms with Crippen LogP contribution in [0.3, 0.4) is 0 Å². The van der Waals surface area contributed by atoms with E-state index in [1.807, 2.05) is 75.4 Å². The Morgan fingerprint density at radius 3 is 2.32 bits per heavy atom. The lowest BCUT2D eigenvalue weighted by Gasteiger charge is -2.10. The molecule has 0 aliphatic heterocycles. The molecule has 4 nitrogen and oxygen atoms in total. The zero-order valence-electron chi connectivity index (χ0n) is 14.4. The van der Waals surface area contributed by atoms with Gasteiger partial charge in [-0.05, 0) is 38.5 Å². The zero-order chi connectivity index (χ0) is 17.8. The van der Waals surface area contributed by atoms with Gasteiger partial charge >= 0.3 is 0 Å². The molecule has 0 fully saturated rings. The minimum atomic E-state index is 0.697. The first-order chi connectivity index (χ1) is 12.0. The van der Waals surface area contributed by atoms with Gasteiger partial charge in [-0.1, -0.05) is 58.4 Å². The second kappa shape index (κ2) is 7.57. The van der Waals surface area contributed by atoms with Gasteiger partial charge in [-0.25, -0.2) is 9.97 Å². The Hall–Kier alpha value is -2.53. The van der Waals surface area contributed by atoms with E-state index in [0.29, 0.717) is 5.82 Å². The number of aryl methyl sites for hydroxylation is 1. The Morgan fingerprint density at radius 1 is 0.960 bits per heavy atom. The molecule has 5 heteroatoms. The lowest BCUT2D eigenvalue weighted by atomic mass is 10.1. The highest BCUT2D eigenvalue weighted by Crippen LogP contribution is 2.21. The van der Waals surface area contributed by atoms with E-state index >= 15 is 0 Å². The van der Waals surface area contributed by atoms with Crippen molar-refractivity contribution in [3.05, 3.63) is 75.9 Å². The van der Waals surface area contributed by atoms with Crippen LogP contribution in [0.5, 0.6) is 0 Å². The molecule has 1 heterocycles. The summed E-state index contributed by atoms with van der Waals surface area (Å²) < 4.78 is 1.05. The third kappa shape index (κ3) is 4.12. The van der Waals surface area contributed by atoms with E-state index in [4.69, 9.17) is 0 Å². The molecule has 0 saturated heterocycles. The largest absolute Gasteiger partial charge is 0.261 e. The summed E-state index contributed by atoms with van der Waals surface area (Å²) in [5.74, 6) is 1.42. The molecule has 0 spiro atoms. The fourth-order valence-corrected chi connectivity index (χ4v) is 2.61. The van der Waals surface area contributed by atoms with Crippen molar-refractivity contribution in [3.63, 3.8) is 0 Å². The second-order valence-corrected chi connectivity index (χ2v) is 6.70. The predicted molar refractivity (Wildman–Crippen MR) is 107 cm³/mol. The fraction of sp³-hybridized carbons (Fsp3) is 0.150. The molecule has 0 saturated carbocycles. The summed E-state index contributed by atoms with van der Waals surface area (Å²) in [5.41, 5.74) is 7.97. The Balaban J connectivity index is 1.90. The molecule has 1 N–H and O–H groups in total. The van der Waals surface area contributed by atoms with Crippen LogP contribution < -0.4 is 5.43 Å². The SMILES string of the molecule is CC(=NNc1nc(-c2ccccc2)nc(C)c1C)c1ccc(Br)cc1. The van der Waals surface area contributed by atoms with Crippen molar-refractivity contribution in [1.29, 1.82) is 0 Å². The number of nitrogens with zero attached hydrogens (tertiary/aromatic N) is 3. The van der Waals surface area contributed by atoms with Crippen molar-refractivity contribution in [2.75, 3.05) is 5.43 Å². The van der Waals surface area contributed by atoms with Crippen LogP contribution in [0, 0.1) is 13.8 Å². The van der Waals surface area contributed by atoms with E-state index < -0.39 is 0 Å². The van der Waals surface area contributed by atoms with Gasteiger partial charge in [-0.15, -0.1) is 0 Å². The van der Waals surface area contributed by atoms with Gasteiger partial charge in [0.2, 0.25) is 0 Å². The third-order valence-electron chi connectivity index (χ3n) is 4.01. The number of rotatable bonds is 4. The minimum Gasteiger partial charge on any atom is -0.261 e. The van der Waals surface area contributed by atoms with Crippen LogP contribution in [0.1, 0.15) is 23.7 Å². The average Bonchev–Trinajstić information content (AvgIpc) is 2.64.